The van der Waals surface area contributed by atoms with Gasteiger partial charge in [-0.15, -0.1) is 17.0 Å². The summed E-state index contributed by atoms with van der Waals surface area (Å²) in [5.74, 6) is 0.654. The Bertz CT molecular complexity index is 634. The van der Waals surface area contributed by atoms with E-state index in [1.807, 2.05) is 6.92 Å². The number of hydrogen-bond donors (Lipinski definition) is 1. The first-order valence-electron chi connectivity index (χ1n) is 5.92. The van der Waals surface area contributed by atoms with E-state index in [4.69, 9.17) is 10.1 Å². The van der Waals surface area contributed by atoms with E-state index < -0.39 is 0 Å². The van der Waals surface area contributed by atoms with Gasteiger partial charge in [0.25, 0.3) is 0 Å². The van der Waals surface area contributed by atoms with Crippen molar-refractivity contribution in [2.24, 2.45) is 0 Å². The van der Waals surface area contributed by atoms with E-state index in [0.717, 1.165) is 11.4 Å². The first-order valence-corrected chi connectivity index (χ1v) is 6.74. The summed E-state index contributed by atoms with van der Waals surface area (Å²) in [6.07, 6.45) is 0.778. The minimum atomic E-state index is -0.0610. The number of hydrogen-bond acceptors (Lipinski definition) is 5. The number of ketones is 1. The van der Waals surface area contributed by atoms with Crippen molar-refractivity contribution in [2.75, 3.05) is 7.11 Å². The van der Waals surface area contributed by atoms with Crippen LogP contribution >= 0.6 is 28.3 Å². The highest BCUT2D eigenvalue weighted by atomic mass is 79.9. The van der Waals surface area contributed by atoms with Crippen molar-refractivity contribution < 1.29 is 9.53 Å². The average molecular weight is 358 g/mol. The van der Waals surface area contributed by atoms with Crippen LogP contribution in [0.25, 0.3) is 0 Å². The van der Waals surface area contributed by atoms with Gasteiger partial charge in [0.2, 0.25) is 4.80 Å². The first-order chi connectivity index (χ1) is 9.13. The maximum absolute atomic E-state index is 12.1. The van der Waals surface area contributed by atoms with Crippen molar-refractivity contribution >= 4 is 34.1 Å². The summed E-state index contributed by atoms with van der Waals surface area (Å²) < 4.78 is 6.49. The third kappa shape index (κ3) is 3.77. The molecule has 1 aromatic carbocycles. The Hall–Kier alpha value is -1.47. The van der Waals surface area contributed by atoms with Crippen LogP contribution in [-0.2, 0) is 13.0 Å². The number of ether oxygens (including phenoxy) is 1. The average Bonchev–Trinajstić information content (AvgIpc) is 2.79. The number of methoxy groups -OCH3 is 1. The first kappa shape index (κ1) is 16.6. The Labute approximate surface area is 131 Å². The van der Waals surface area contributed by atoms with Gasteiger partial charge in [-0.1, -0.05) is 18.3 Å². The highest BCUT2D eigenvalue weighted by molar-refractivity contribution is 8.93. The summed E-state index contributed by atoms with van der Waals surface area (Å²) >= 11 is 1.30. The molecule has 0 atom stereocenters. The maximum atomic E-state index is 12.1. The molecule has 2 aromatic rings. The molecule has 2 rings (SSSR count). The number of nitrogens with one attached hydrogen (secondary N) is 1. The molecule has 1 aromatic heterocycles. The van der Waals surface area contributed by atoms with Crippen molar-refractivity contribution in [1.29, 1.82) is 5.41 Å². The second-order valence-corrected chi connectivity index (χ2v) is 5.03. The fourth-order valence-electron chi connectivity index (χ4n) is 1.62. The molecule has 0 saturated heterocycles. The van der Waals surface area contributed by atoms with E-state index in [-0.39, 0.29) is 29.3 Å². The lowest BCUT2D eigenvalue weighted by Gasteiger charge is -2.03. The number of benzene rings is 1. The van der Waals surface area contributed by atoms with Gasteiger partial charge >= 0.3 is 0 Å². The van der Waals surface area contributed by atoms with Crippen molar-refractivity contribution in [3.8, 4) is 5.75 Å². The predicted octanol–water partition coefficient (Wildman–Crippen LogP) is 2.46. The monoisotopic (exact) mass is 357 g/mol. The third-order valence-electron chi connectivity index (χ3n) is 2.69. The fraction of sp³-hybridized carbons (Fsp3) is 0.308. The van der Waals surface area contributed by atoms with Gasteiger partial charge in [0, 0.05) is 5.56 Å². The second kappa shape index (κ2) is 7.35. The SMILES string of the molecule is Br.CCc1nn(CC(=O)c2ccc(OC)cc2)c(=N)s1. The molecule has 0 bridgehead atoms. The topological polar surface area (TPSA) is 68.0 Å². The van der Waals surface area contributed by atoms with Crippen LogP contribution in [0, 0.1) is 5.41 Å². The quantitative estimate of drug-likeness (QED) is 0.835. The molecule has 5 nitrogen and oxygen atoms in total. The lowest BCUT2D eigenvalue weighted by atomic mass is 10.1. The lowest BCUT2D eigenvalue weighted by Crippen LogP contribution is -2.21. The van der Waals surface area contributed by atoms with E-state index in [9.17, 15) is 4.79 Å². The van der Waals surface area contributed by atoms with Gasteiger partial charge in [0.15, 0.2) is 5.78 Å². The van der Waals surface area contributed by atoms with Gasteiger partial charge < -0.3 is 4.74 Å². The molecule has 0 radical (unpaired) electrons. The molecule has 20 heavy (non-hydrogen) atoms. The van der Waals surface area contributed by atoms with E-state index in [2.05, 4.69) is 5.10 Å². The van der Waals surface area contributed by atoms with Crippen LogP contribution in [0.3, 0.4) is 0 Å². The molecule has 1 heterocycles. The van der Waals surface area contributed by atoms with E-state index in [1.165, 1.54) is 16.0 Å². The van der Waals surface area contributed by atoms with Crippen molar-refractivity contribution in [3.05, 3.63) is 39.6 Å². The minimum Gasteiger partial charge on any atom is -0.497 e. The number of aromatic nitrogens is 2. The smallest absolute Gasteiger partial charge is 0.200 e. The zero-order chi connectivity index (χ0) is 13.8. The molecule has 0 aliphatic carbocycles. The zero-order valence-corrected chi connectivity index (χ0v) is 13.8. The zero-order valence-electron chi connectivity index (χ0n) is 11.3. The number of aryl methyl sites for hydroxylation is 1. The Morgan fingerprint density at radius 1 is 1.40 bits per heavy atom. The normalized spacial score (nSPS) is 9.90. The Balaban J connectivity index is 0.00000200. The molecule has 0 aliphatic rings. The molecule has 1 N–H and O–H groups in total. The highest BCUT2D eigenvalue weighted by Crippen LogP contribution is 2.12. The fourth-order valence-corrected chi connectivity index (χ4v) is 2.34. The predicted molar refractivity (Wildman–Crippen MR) is 83.0 cm³/mol. The molecule has 0 fully saturated rings. The Morgan fingerprint density at radius 3 is 2.55 bits per heavy atom. The number of carbonyl (C=O) groups is 1. The van der Waals surface area contributed by atoms with Crippen LogP contribution in [0.1, 0.15) is 22.3 Å². The summed E-state index contributed by atoms with van der Waals surface area (Å²) in [6, 6.07) is 6.94. The van der Waals surface area contributed by atoms with Crippen LogP contribution in [0.2, 0.25) is 0 Å². The van der Waals surface area contributed by atoms with E-state index in [1.54, 1.807) is 31.4 Å². The maximum Gasteiger partial charge on any atom is 0.200 e. The molecule has 108 valence electrons. The van der Waals surface area contributed by atoms with Crippen LogP contribution in [0.15, 0.2) is 24.3 Å². The second-order valence-electron chi connectivity index (χ2n) is 3.96. The molecule has 7 heteroatoms. The lowest BCUT2D eigenvalue weighted by molar-refractivity contribution is 0.0966. The van der Waals surface area contributed by atoms with Crippen LogP contribution in [0.5, 0.6) is 5.75 Å². The summed E-state index contributed by atoms with van der Waals surface area (Å²) in [5.41, 5.74) is 0.596. The Morgan fingerprint density at radius 2 is 2.05 bits per heavy atom. The van der Waals surface area contributed by atoms with Gasteiger partial charge in [-0.05, 0) is 30.7 Å². The molecule has 0 amide bonds. The van der Waals surface area contributed by atoms with Gasteiger partial charge in [-0.2, -0.15) is 5.10 Å². The third-order valence-corrected chi connectivity index (χ3v) is 3.70. The van der Waals surface area contributed by atoms with E-state index >= 15 is 0 Å². The summed E-state index contributed by atoms with van der Waals surface area (Å²) in [6.45, 7) is 2.08. The summed E-state index contributed by atoms with van der Waals surface area (Å²) in [5, 5.41) is 12.9. The van der Waals surface area contributed by atoms with Crippen LogP contribution < -0.4 is 9.54 Å². The molecular formula is C13H16BrN3O2S. The highest BCUT2D eigenvalue weighted by Gasteiger charge is 2.10. The minimum absolute atomic E-state index is 0. The number of carbonyl (C=O) groups excluding carboxylic acids is 1. The van der Waals surface area contributed by atoms with Crippen LogP contribution in [0.4, 0.5) is 0 Å². The number of rotatable bonds is 5. The van der Waals surface area contributed by atoms with Crippen molar-refractivity contribution in [3.63, 3.8) is 0 Å². The molecule has 0 spiro atoms. The largest absolute Gasteiger partial charge is 0.497 e. The summed E-state index contributed by atoms with van der Waals surface area (Å²) in [7, 11) is 1.58. The number of halogens is 1. The molecule has 0 aliphatic heterocycles. The standard InChI is InChI=1S/C13H15N3O2S.BrH/c1-3-12-15-16(13(14)19-12)8-11(17)9-4-6-10(18-2)7-5-9;/h4-7,14H,3,8H2,1-2H3;1H. The summed E-state index contributed by atoms with van der Waals surface area (Å²) in [4.78, 5) is 12.4. The molecular weight excluding hydrogens is 342 g/mol. The van der Waals surface area contributed by atoms with Gasteiger partial charge in [0.05, 0.1) is 7.11 Å². The van der Waals surface area contributed by atoms with Crippen LogP contribution in [-0.4, -0.2) is 22.7 Å². The van der Waals surface area contributed by atoms with Crippen molar-refractivity contribution in [2.45, 2.75) is 19.9 Å². The van der Waals surface area contributed by atoms with E-state index in [0.29, 0.717) is 16.1 Å². The van der Waals surface area contributed by atoms with Gasteiger partial charge in [0.1, 0.15) is 17.3 Å². The molecule has 0 saturated carbocycles. The number of Topliss-reactive ketones (excluding diaryl/α,β-unsaturated/α-hetero) is 1. The Kier molecular flexibility index (Phi) is 6.09. The molecule has 0 unspecified atom stereocenters. The number of nitrogens with zero attached hydrogens (tertiary/aromatic N) is 2. The van der Waals surface area contributed by atoms with Gasteiger partial charge in [-0.3, -0.25) is 10.2 Å². The van der Waals surface area contributed by atoms with Crippen molar-refractivity contribution in [1.82, 2.24) is 9.78 Å². The van der Waals surface area contributed by atoms with Gasteiger partial charge in [-0.25, -0.2) is 4.68 Å².